The van der Waals surface area contributed by atoms with E-state index in [2.05, 4.69) is 5.32 Å². The highest BCUT2D eigenvalue weighted by Gasteiger charge is 2.47. The van der Waals surface area contributed by atoms with E-state index in [9.17, 15) is 4.79 Å². The van der Waals surface area contributed by atoms with Gasteiger partial charge >= 0.3 is 6.09 Å². The van der Waals surface area contributed by atoms with Gasteiger partial charge < -0.3 is 20.3 Å². The summed E-state index contributed by atoms with van der Waals surface area (Å²) >= 11 is 0. The van der Waals surface area contributed by atoms with Crippen LogP contribution in [0, 0.1) is 5.92 Å². The molecular weight excluding hydrogens is 174 g/mol. The number of amides is 1. The molecule has 2 aliphatic rings. The fourth-order valence-corrected chi connectivity index (χ4v) is 2.25. The molecule has 0 aliphatic carbocycles. The van der Waals surface area contributed by atoms with Gasteiger partial charge in [0.15, 0.2) is 0 Å². The van der Waals surface area contributed by atoms with Crippen molar-refractivity contribution in [1.29, 1.82) is 0 Å². The monoisotopic (exact) mass is 187 g/mol. The summed E-state index contributed by atoms with van der Waals surface area (Å²) < 4.78 is 5.50. The van der Waals surface area contributed by atoms with Crippen LogP contribution in [0.25, 0.3) is 0 Å². The van der Waals surface area contributed by atoms with Gasteiger partial charge in [0.25, 0.3) is 0 Å². The number of aliphatic hydroxyl groups excluding tert-OH is 1. The van der Waals surface area contributed by atoms with Crippen molar-refractivity contribution in [2.75, 3.05) is 6.61 Å². The van der Waals surface area contributed by atoms with E-state index in [4.69, 9.17) is 14.9 Å². The molecule has 0 aromatic rings. The Labute approximate surface area is 75.7 Å². The van der Waals surface area contributed by atoms with Gasteiger partial charge in [-0.15, -0.1) is 0 Å². The van der Waals surface area contributed by atoms with Crippen molar-refractivity contribution >= 4 is 6.09 Å². The van der Waals surface area contributed by atoms with Gasteiger partial charge in [0.1, 0.15) is 0 Å². The van der Waals surface area contributed by atoms with Gasteiger partial charge in [0.2, 0.25) is 0 Å². The van der Waals surface area contributed by atoms with Crippen molar-refractivity contribution in [3.63, 3.8) is 0 Å². The zero-order chi connectivity index (χ0) is 9.42. The number of carbonyl (C=O) groups is 1. The first kappa shape index (κ1) is 8.77. The average Bonchev–Trinajstić information content (AvgIpc) is 2.60. The lowest BCUT2D eigenvalue weighted by atomic mass is 9.87. The first-order chi connectivity index (χ1) is 6.20. The number of fused-ring (bicyclic) bond motifs is 2. The van der Waals surface area contributed by atoms with Crippen LogP contribution < -0.4 is 5.32 Å². The first-order valence-electron chi connectivity index (χ1n) is 4.46. The molecule has 1 amide bonds. The van der Waals surface area contributed by atoms with Crippen molar-refractivity contribution in [3.8, 4) is 0 Å². The largest absolute Gasteiger partial charge is 0.465 e. The van der Waals surface area contributed by atoms with E-state index in [0.717, 1.165) is 6.42 Å². The molecule has 2 heterocycles. The maximum atomic E-state index is 10.4. The molecule has 0 spiro atoms. The summed E-state index contributed by atoms with van der Waals surface area (Å²) in [6.45, 7) is 0.140. The van der Waals surface area contributed by atoms with Crippen LogP contribution in [0.2, 0.25) is 0 Å². The van der Waals surface area contributed by atoms with Crippen LogP contribution in [-0.2, 0) is 4.74 Å². The van der Waals surface area contributed by atoms with Crippen LogP contribution in [0.4, 0.5) is 4.79 Å². The third-order valence-corrected chi connectivity index (χ3v) is 2.89. The topological polar surface area (TPSA) is 78.8 Å². The number of rotatable bonds is 2. The molecule has 0 radical (unpaired) electrons. The minimum Gasteiger partial charge on any atom is -0.465 e. The van der Waals surface area contributed by atoms with E-state index in [1.807, 2.05) is 0 Å². The molecule has 2 fully saturated rings. The Morgan fingerprint density at radius 2 is 2.23 bits per heavy atom. The molecule has 2 saturated heterocycles. The van der Waals surface area contributed by atoms with Crippen LogP contribution >= 0.6 is 0 Å². The molecule has 0 saturated carbocycles. The predicted octanol–water partition coefficient (Wildman–Crippen LogP) is -0.208. The van der Waals surface area contributed by atoms with Crippen molar-refractivity contribution < 1.29 is 19.7 Å². The predicted molar refractivity (Wildman–Crippen MR) is 43.4 cm³/mol. The summed E-state index contributed by atoms with van der Waals surface area (Å²) in [5.74, 6) is 0.205. The lowest BCUT2D eigenvalue weighted by molar-refractivity contribution is 0.0767. The quantitative estimate of drug-likeness (QED) is 0.559. The van der Waals surface area contributed by atoms with E-state index in [1.54, 1.807) is 0 Å². The zero-order valence-corrected chi connectivity index (χ0v) is 7.14. The third kappa shape index (κ3) is 1.49. The van der Waals surface area contributed by atoms with Gasteiger partial charge in [-0.3, -0.25) is 0 Å². The van der Waals surface area contributed by atoms with E-state index in [0.29, 0.717) is 6.42 Å². The first-order valence-corrected chi connectivity index (χ1v) is 4.46. The molecule has 5 nitrogen and oxygen atoms in total. The Morgan fingerprint density at radius 1 is 1.46 bits per heavy atom. The van der Waals surface area contributed by atoms with E-state index in [-0.39, 0.29) is 30.8 Å². The second kappa shape index (κ2) is 3.16. The van der Waals surface area contributed by atoms with Crippen LogP contribution in [-0.4, -0.2) is 41.2 Å². The van der Waals surface area contributed by atoms with Crippen LogP contribution in [0.5, 0.6) is 0 Å². The Hall–Kier alpha value is -0.810. The molecule has 4 atom stereocenters. The standard InChI is InChI=1S/C8H13NO4/c10-3-4-1-7-5(9-8(11)12)2-6(4)13-7/h4-7,9-10H,1-3H2,(H,11,12)/t4?,5-,6+,7+/m0/s1. The highest BCUT2D eigenvalue weighted by Crippen LogP contribution is 2.38. The lowest BCUT2D eigenvalue weighted by Crippen LogP contribution is -2.42. The summed E-state index contributed by atoms with van der Waals surface area (Å²) in [5, 5.41) is 19.9. The highest BCUT2D eigenvalue weighted by molar-refractivity contribution is 5.65. The summed E-state index contributed by atoms with van der Waals surface area (Å²) in [5.41, 5.74) is 0. The molecule has 2 rings (SSSR count). The SMILES string of the molecule is O=C(O)N[C@H]1C[C@H]2O[C@@H]1CC2CO. The van der Waals surface area contributed by atoms with Crippen LogP contribution in [0.1, 0.15) is 12.8 Å². The molecule has 0 aromatic carbocycles. The number of carboxylic acid groups (broad SMARTS) is 1. The Morgan fingerprint density at radius 3 is 2.69 bits per heavy atom. The molecule has 1 unspecified atom stereocenters. The summed E-state index contributed by atoms with van der Waals surface area (Å²) in [4.78, 5) is 10.4. The Bertz CT molecular complexity index is 220. The molecule has 13 heavy (non-hydrogen) atoms. The van der Waals surface area contributed by atoms with Crippen molar-refractivity contribution in [3.05, 3.63) is 0 Å². The fourth-order valence-electron chi connectivity index (χ4n) is 2.25. The van der Waals surface area contributed by atoms with Crippen LogP contribution in [0.3, 0.4) is 0 Å². The number of hydrogen-bond donors (Lipinski definition) is 3. The molecule has 3 N–H and O–H groups in total. The maximum Gasteiger partial charge on any atom is 0.404 e. The molecule has 2 aliphatic heterocycles. The minimum absolute atomic E-state index is 0.0294. The van der Waals surface area contributed by atoms with Gasteiger partial charge in [-0.05, 0) is 12.8 Å². The second-order valence-electron chi connectivity index (χ2n) is 3.68. The number of nitrogens with one attached hydrogen (secondary N) is 1. The molecule has 74 valence electrons. The van der Waals surface area contributed by atoms with E-state index >= 15 is 0 Å². The van der Waals surface area contributed by atoms with Crippen LogP contribution in [0.15, 0.2) is 0 Å². The van der Waals surface area contributed by atoms with Gasteiger partial charge in [0, 0.05) is 12.5 Å². The van der Waals surface area contributed by atoms with Gasteiger partial charge in [-0.25, -0.2) is 4.79 Å². The van der Waals surface area contributed by atoms with E-state index in [1.165, 1.54) is 0 Å². The lowest BCUT2D eigenvalue weighted by Gasteiger charge is -2.22. The molecular formula is C8H13NO4. The van der Waals surface area contributed by atoms with Gasteiger partial charge in [-0.1, -0.05) is 0 Å². The van der Waals surface area contributed by atoms with Crippen molar-refractivity contribution in [2.45, 2.75) is 31.1 Å². The molecule has 0 aromatic heterocycles. The smallest absolute Gasteiger partial charge is 0.404 e. The van der Waals surface area contributed by atoms with E-state index < -0.39 is 6.09 Å². The average molecular weight is 187 g/mol. The molecule has 5 heteroatoms. The fraction of sp³-hybridized carbons (Fsp3) is 0.875. The number of aliphatic hydroxyl groups is 1. The minimum atomic E-state index is -0.998. The van der Waals surface area contributed by atoms with Gasteiger partial charge in [-0.2, -0.15) is 0 Å². The summed E-state index contributed by atoms with van der Waals surface area (Å²) in [7, 11) is 0. The highest BCUT2D eigenvalue weighted by atomic mass is 16.5. The Kier molecular flexibility index (Phi) is 2.13. The second-order valence-corrected chi connectivity index (χ2v) is 3.68. The Balaban J connectivity index is 1.91. The number of ether oxygens (including phenoxy) is 1. The molecule has 2 bridgehead atoms. The number of hydrogen-bond acceptors (Lipinski definition) is 3. The summed E-state index contributed by atoms with van der Waals surface area (Å²) in [6, 6.07) is -0.0784. The van der Waals surface area contributed by atoms with Crippen molar-refractivity contribution in [2.24, 2.45) is 5.92 Å². The third-order valence-electron chi connectivity index (χ3n) is 2.89. The van der Waals surface area contributed by atoms with Crippen molar-refractivity contribution in [1.82, 2.24) is 5.32 Å². The normalized spacial score (nSPS) is 42.2. The zero-order valence-electron chi connectivity index (χ0n) is 7.14. The summed E-state index contributed by atoms with van der Waals surface area (Å²) in [6.07, 6.45) is 0.487. The maximum absolute atomic E-state index is 10.4. The van der Waals surface area contributed by atoms with Gasteiger partial charge in [0.05, 0.1) is 18.2 Å².